The Morgan fingerprint density at radius 2 is 1.88 bits per heavy atom. The molecule has 0 saturated heterocycles. The van der Waals surface area contributed by atoms with Crippen LogP contribution in [0.4, 0.5) is 21.6 Å². The summed E-state index contributed by atoms with van der Waals surface area (Å²) in [5.41, 5.74) is 1.73. The highest BCUT2D eigenvalue weighted by atomic mass is 19.1. The minimum absolute atomic E-state index is 0.155. The number of nitrogens with one attached hydrogen (secondary N) is 2. The lowest BCUT2D eigenvalue weighted by Crippen LogP contribution is -2.12. The van der Waals surface area contributed by atoms with Crippen LogP contribution in [-0.4, -0.2) is 17.7 Å². The Morgan fingerprint density at radius 3 is 2.69 bits per heavy atom. The van der Waals surface area contributed by atoms with Crippen molar-refractivity contribution in [3.63, 3.8) is 0 Å². The maximum absolute atomic E-state index is 13.2. The molecule has 2 aromatic carbocycles. The van der Waals surface area contributed by atoms with E-state index in [1.807, 2.05) is 0 Å². The summed E-state index contributed by atoms with van der Waals surface area (Å²) in [6.07, 6.45) is 1.56. The van der Waals surface area contributed by atoms with Gasteiger partial charge in [0.15, 0.2) is 11.5 Å². The van der Waals surface area contributed by atoms with Crippen LogP contribution >= 0.6 is 0 Å². The number of benzene rings is 2. The number of fused-ring (bicyclic) bond motifs is 1. The van der Waals surface area contributed by atoms with Crippen LogP contribution in [0.2, 0.25) is 0 Å². The molecule has 3 aromatic rings. The van der Waals surface area contributed by atoms with Gasteiger partial charge in [-0.2, -0.15) is 0 Å². The van der Waals surface area contributed by atoms with Crippen LogP contribution < -0.4 is 20.1 Å². The Kier molecular flexibility index (Phi) is 4.10. The van der Waals surface area contributed by atoms with E-state index in [1.54, 1.807) is 48.7 Å². The number of aromatic nitrogens is 1. The van der Waals surface area contributed by atoms with E-state index in [-0.39, 0.29) is 18.5 Å². The summed E-state index contributed by atoms with van der Waals surface area (Å²) in [6.45, 7) is 0.155. The first-order valence-electron chi connectivity index (χ1n) is 7.87. The molecule has 7 heteroatoms. The molecule has 0 atom stereocenters. The normalized spacial score (nSPS) is 11.9. The highest BCUT2D eigenvalue weighted by Gasteiger charge is 2.16. The second kappa shape index (κ2) is 6.72. The van der Waals surface area contributed by atoms with E-state index >= 15 is 0 Å². The summed E-state index contributed by atoms with van der Waals surface area (Å²) < 4.78 is 23.7. The van der Waals surface area contributed by atoms with Crippen LogP contribution in [0.15, 0.2) is 60.8 Å². The number of nitrogens with zero attached hydrogens (tertiary/aromatic N) is 1. The van der Waals surface area contributed by atoms with Crippen molar-refractivity contribution < 1.29 is 18.7 Å². The zero-order chi connectivity index (χ0) is 17.9. The third-order valence-electron chi connectivity index (χ3n) is 3.75. The first-order chi connectivity index (χ1) is 12.7. The molecule has 0 fully saturated rings. The highest BCUT2D eigenvalue weighted by Crippen LogP contribution is 2.32. The molecular weight excluding hydrogens is 337 g/mol. The molecule has 6 nitrogen and oxygen atoms in total. The molecule has 4 rings (SSSR count). The van der Waals surface area contributed by atoms with E-state index in [4.69, 9.17) is 9.47 Å². The lowest BCUT2D eigenvalue weighted by molar-refractivity contribution is 0.102. The van der Waals surface area contributed by atoms with Crippen molar-refractivity contribution in [3.8, 4) is 11.5 Å². The summed E-state index contributed by atoms with van der Waals surface area (Å²) in [5.74, 6) is 0.933. The third-order valence-corrected chi connectivity index (χ3v) is 3.75. The van der Waals surface area contributed by atoms with Gasteiger partial charge in [-0.15, -0.1) is 0 Å². The quantitative estimate of drug-likeness (QED) is 0.745. The fourth-order valence-electron chi connectivity index (χ4n) is 2.50. The summed E-state index contributed by atoms with van der Waals surface area (Å²) in [5, 5.41) is 5.75. The van der Waals surface area contributed by atoms with Gasteiger partial charge in [-0.1, -0.05) is 6.07 Å². The molecule has 26 heavy (non-hydrogen) atoms. The predicted molar refractivity (Wildman–Crippen MR) is 94.4 cm³/mol. The number of carbonyl (C=O) groups is 1. The molecule has 0 unspecified atom stereocenters. The standard InChI is InChI=1S/C19H14FN3O3/c20-13-2-1-3-14(9-13)22-15-5-7-18(21-10-15)23-19(24)12-4-6-16-17(8-12)26-11-25-16/h1-10,22H,11H2,(H,21,23,24). The van der Waals surface area contributed by atoms with Gasteiger partial charge >= 0.3 is 0 Å². The van der Waals surface area contributed by atoms with Crippen molar-refractivity contribution in [2.24, 2.45) is 0 Å². The number of ether oxygens (including phenoxy) is 2. The molecule has 0 spiro atoms. The van der Waals surface area contributed by atoms with Crippen LogP contribution in [0, 0.1) is 5.82 Å². The van der Waals surface area contributed by atoms with Gasteiger partial charge in [-0.25, -0.2) is 9.37 Å². The van der Waals surface area contributed by atoms with Crippen LogP contribution in [0.3, 0.4) is 0 Å². The van der Waals surface area contributed by atoms with E-state index in [0.29, 0.717) is 34.3 Å². The average Bonchev–Trinajstić information content (AvgIpc) is 3.11. The van der Waals surface area contributed by atoms with Crippen molar-refractivity contribution in [2.75, 3.05) is 17.4 Å². The minimum atomic E-state index is -0.324. The molecule has 1 aliphatic rings. The Morgan fingerprint density at radius 1 is 1.00 bits per heavy atom. The lowest BCUT2D eigenvalue weighted by atomic mass is 10.2. The number of amides is 1. The molecule has 0 aliphatic carbocycles. The smallest absolute Gasteiger partial charge is 0.256 e. The van der Waals surface area contributed by atoms with Crippen LogP contribution in [0.1, 0.15) is 10.4 Å². The number of halogens is 1. The second-order valence-corrected chi connectivity index (χ2v) is 5.59. The molecule has 0 radical (unpaired) electrons. The average molecular weight is 351 g/mol. The topological polar surface area (TPSA) is 72.5 Å². The van der Waals surface area contributed by atoms with E-state index in [0.717, 1.165) is 0 Å². The van der Waals surface area contributed by atoms with Crippen molar-refractivity contribution in [2.45, 2.75) is 0 Å². The van der Waals surface area contributed by atoms with Gasteiger partial charge in [-0.05, 0) is 48.5 Å². The predicted octanol–water partition coefficient (Wildman–Crippen LogP) is 3.95. The molecule has 1 aromatic heterocycles. The van der Waals surface area contributed by atoms with Gasteiger partial charge in [0, 0.05) is 11.3 Å². The van der Waals surface area contributed by atoms with E-state index in [1.165, 1.54) is 12.1 Å². The first-order valence-corrected chi connectivity index (χ1v) is 7.87. The van der Waals surface area contributed by atoms with Crippen LogP contribution in [0.5, 0.6) is 11.5 Å². The molecule has 0 saturated carbocycles. The Bertz CT molecular complexity index is 960. The molecule has 1 amide bonds. The molecule has 130 valence electrons. The maximum Gasteiger partial charge on any atom is 0.256 e. The Balaban J connectivity index is 1.43. The monoisotopic (exact) mass is 351 g/mol. The van der Waals surface area contributed by atoms with Gasteiger partial charge in [-0.3, -0.25) is 4.79 Å². The number of anilines is 3. The molecule has 2 heterocycles. The van der Waals surface area contributed by atoms with Gasteiger partial charge in [0.25, 0.3) is 5.91 Å². The summed E-state index contributed by atoms with van der Waals surface area (Å²) in [6, 6.07) is 14.5. The van der Waals surface area contributed by atoms with Gasteiger partial charge < -0.3 is 20.1 Å². The molecular formula is C19H14FN3O3. The zero-order valence-corrected chi connectivity index (χ0v) is 13.5. The van der Waals surface area contributed by atoms with Gasteiger partial charge in [0.1, 0.15) is 11.6 Å². The van der Waals surface area contributed by atoms with E-state index < -0.39 is 0 Å². The number of pyridine rings is 1. The summed E-state index contributed by atoms with van der Waals surface area (Å²) in [7, 11) is 0. The highest BCUT2D eigenvalue weighted by molar-refractivity contribution is 6.04. The van der Waals surface area contributed by atoms with E-state index in [9.17, 15) is 9.18 Å². The van der Waals surface area contributed by atoms with E-state index in [2.05, 4.69) is 15.6 Å². The number of carbonyl (C=O) groups excluding carboxylic acids is 1. The van der Waals surface area contributed by atoms with Crippen molar-refractivity contribution >= 4 is 23.1 Å². The lowest BCUT2D eigenvalue weighted by Gasteiger charge is -2.08. The molecule has 0 bridgehead atoms. The number of hydrogen-bond acceptors (Lipinski definition) is 5. The first kappa shape index (κ1) is 15.9. The van der Waals surface area contributed by atoms with Crippen molar-refractivity contribution in [1.29, 1.82) is 0 Å². The minimum Gasteiger partial charge on any atom is -0.454 e. The van der Waals surface area contributed by atoms with Crippen molar-refractivity contribution in [3.05, 3.63) is 72.2 Å². The van der Waals surface area contributed by atoms with Gasteiger partial charge in [0.05, 0.1) is 11.9 Å². The van der Waals surface area contributed by atoms with Gasteiger partial charge in [0.2, 0.25) is 6.79 Å². The molecule has 2 N–H and O–H groups in total. The maximum atomic E-state index is 13.2. The molecule has 1 aliphatic heterocycles. The summed E-state index contributed by atoms with van der Waals surface area (Å²) >= 11 is 0. The third kappa shape index (κ3) is 3.41. The van der Waals surface area contributed by atoms with Crippen LogP contribution in [0.25, 0.3) is 0 Å². The Hall–Kier alpha value is -3.61. The fraction of sp³-hybridized carbons (Fsp3) is 0.0526. The number of hydrogen-bond donors (Lipinski definition) is 2. The summed E-state index contributed by atoms with van der Waals surface area (Å²) in [4.78, 5) is 16.5. The fourth-order valence-corrected chi connectivity index (χ4v) is 2.50. The SMILES string of the molecule is O=C(Nc1ccc(Nc2cccc(F)c2)cn1)c1ccc2c(c1)OCO2. The second-order valence-electron chi connectivity index (χ2n) is 5.59. The largest absolute Gasteiger partial charge is 0.454 e. The number of rotatable bonds is 4. The Labute approximate surface area is 148 Å². The zero-order valence-electron chi connectivity index (χ0n) is 13.5. The van der Waals surface area contributed by atoms with Crippen LogP contribution in [-0.2, 0) is 0 Å². The van der Waals surface area contributed by atoms with Crippen molar-refractivity contribution in [1.82, 2.24) is 4.98 Å².